The Balaban J connectivity index is 1.66. The molecule has 1 aromatic heterocycles. The molecule has 34 heavy (non-hydrogen) atoms. The van der Waals surface area contributed by atoms with Crippen LogP contribution in [-0.2, 0) is 24.7 Å². The van der Waals surface area contributed by atoms with E-state index >= 15 is 0 Å². The number of anilines is 1. The first-order chi connectivity index (χ1) is 16.5. The fraction of sp³-hybridized carbons (Fsp3) is 0.269. The SMILES string of the molecule is CCOc1ccc(N2C(=O)[C@H]3[C@@H](C2=O)[C@](C(=O)OC)(c2ccccc2)N[C@H]3c2cccs2)cc1. The quantitative estimate of drug-likeness (QED) is 0.432. The van der Waals surface area contributed by atoms with E-state index in [-0.39, 0.29) is 5.91 Å². The first kappa shape index (κ1) is 22.3. The van der Waals surface area contributed by atoms with E-state index in [0.717, 1.165) is 4.88 Å². The molecule has 0 spiro atoms. The fourth-order valence-electron chi connectivity index (χ4n) is 5.16. The Bertz CT molecular complexity index is 1210. The molecule has 0 radical (unpaired) electrons. The third-order valence-electron chi connectivity index (χ3n) is 6.55. The van der Waals surface area contributed by atoms with Crippen molar-refractivity contribution in [3.63, 3.8) is 0 Å². The van der Waals surface area contributed by atoms with Crippen molar-refractivity contribution < 1.29 is 23.9 Å². The Hall–Kier alpha value is -3.49. The zero-order chi connectivity index (χ0) is 23.9. The molecule has 2 fully saturated rings. The highest BCUT2D eigenvalue weighted by Gasteiger charge is 2.69. The van der Waals surface area contributed by atoms with Crippen LogP contribution in [0.3, 0.4) is 0 Å². The van der Waals surface area contributed by atoms with Crippen LogP contribution in [0.1, 0.15) is 23.4 Å². The molecule has 7 nitrogen and oxygen atoms in total. The van der Waals surface area contributed by atoms with Crippen molar-refractivity contribution in [3.8, 4) is 5.75 Å². The largest absolute Gasteiger partial charge is 0.494 e. The van der Waals surface area contributed by atoms with Crippen molar-refractivity contribution in [2.24, 2.45) is 11.8 Å². The number of fused-ring (bicyclic) bond motifs is 1. The summed E-state index contributed by atoms with van der Waals surface area (Å²) in [7, 11) is 1.30. The lowest BCUT2D eigenvalue weighted by Gasteiger charge is -2.32. The molecule has 2 aliphatic heterocycles. The predicted octanol–water partition coefficient (Wildman–Crippen LogP) is 3.67. The Morgan fingerprint density at radius 1 is 1.03 bits per heavy atom. The van der Waals surface area contributed by atoms with Gasteiger partial charge in [-0.05, 0) is 48.2 Å². The van der Waals surface area contributed by atoms with Crippen molar-refractivity contribution in [3.05, 3.63) is 82.6 Å². The van der Waals surface area contributed by atoms with E-state index in [4.69, 9.17) is 9.47 Å². The third-order valence-corrected chi connectivity index (χ3v) is 7.51. The molecule has 3 aromatic rings. The molecule has 174 valence electrons. The van der Waals surface area contributed by atoms with Crippen molar-refractivity contribution in [2.75, 3.05) is 18.6 Å². The van der Waals surface area contributed by atoms with Crippen LogP contribution < -0.4 is 15.0 Å². The van der Waals surface area contributed by atoms with Gasteiger partial charge in [0.25, 0.3) is 0 Å². The molecule has 0 saturated carbocycles. The zero-order valence-electron chi connectivity index (χ0n) is 18.8. The van der Waals surface area contributed by atoms with Gasteiger partial charge in [-0.3, -0.25) is 14.9 Å². The maximum Gasteiger partial charge on any atom is 0.331 e. The minimum absolute atomic E-state index is 0.341. The topological polar surface area (TPSA) is 84.9 Å². The van der Waals surface area contributed by atoms with E-state index in [1.165, 1.54) is 23.3 Å². The van der Waals surface area contributed by atoms with Gasteiger partial charge in [-0.15, -0.1) is 11.3 Å². The monoisotopic (exact) mass is 476 g/mol. The molecular weight excluding hydrogens is 452 g/mol. The number of hydrogen-bond donors (Lipinski definition) is 1. The molecule has 2 saturated heterocycles. The van der Waals surface area contributed by atoms with Crippen LogP contribution in [0.15, 0.2) is 72.1 Å². The standard InChI is InChI=1S/C26H24N2O5S/c1-3-33-18-13-11-17(12-14-18)28-23(29)20-21(24(28)30)26(25(31)32-2,16-8-5-4-6-9-16)27-22(20)19-10-7-15-34-19/h4-15,20-22,27H,3H2,1-2H3/t20-,21-,22-,26-/m0/s1. The van der Waals surface area contributed by atoms with Gasteiger partial charge in [0, 0.05) is 4.88 Å². The number of carbonyl (C=O) groups is 3. The second-order valence-electron chi connectivity index (χ2n) is 8.25. The number of amides is 2. The van der Waals surface area contributed by atoms with Gasteiger partial charge in [0.05, 0.1) is 37.3 Å². The molecule has 2 amide bonds. The molecule has 4 atom stereocenters. The number of nitrogens with one attached hydrogen (secondary N) is 1. The number of methoxy groups -OCH3 is 1. The van der Waals surface area contributed by atoms with Crippen LogP contribution >= 0.6 is 11.3 Å². The molecule has 0 aliphatic carbocycles. The van der Waals surface area contributed by atoms with E-state index in [2.05, 4.69) is 5.32 Å². The predicted molar refractivity (Wildman–Crippen MR) is 127 cm³/mol. The number of imide groups is 1. The zero-order valence-corrected chi connectivity index (χ0v) is 19.6. The number of esters is 1. The number of thiophene rings is 1. The van der Waals surface area contributed by atoms with Crippen LogP contribution in [0.25, 0.3) is 0 Å². The minimum atomic E-state index is -1.50. The summed E-state index contributed by atoms with van der Waals surface area (Å²) < 4.78 is 10.7. The second-order valence-corrected chi connectivity index (χ2v) is 9.22. The summed E-state index contributed by atoms with van der Waals surface area (Å²) in [6, 6.07) is 19.2. The Morgan fingerprint density at radius 2 is 1.76 bits per heavy atom. The summed E-state index contributed by atoms with van der Waals surface area (Å²) in [5.74, 6) is -2.45. The number of benzene rings is 2. The van der Waals surface area contributed by atoms with E-state index in [1.54, 1.807) is 48.5 Å². The lowest BCUT2D eigenvalue weighted by Crippen LogP contribution is -2.53. The summed E-state index contributed by atoms with van der Waals surface area (Å²) in [4.78, 5) is 43.3. The number of hydrogen-bond acceptors (Lipinski definition) is 7. The molecule has 8 heteroatoms. The smallest absolute Gasteiger partial charge is 0.331 e. The highest BCUT2D eigenvalue weighted by Crippen LogP contribution is 2.54. The fourth-order valence-corrected chi connectivity index (χ4v) is 5.99. The van der Waals surface area contributed by atoms with Crippen molar-refractivity contribution in [2.45, 2.75) is 18.5 Å². The summed E-state index contributed by atoms with van der Waals surface area (Å²) in [6.45, 7) is 2.40. The summed E-state index contributed by atoms with van der Waals surface area (Å²) in [5.41, 5.74) is -0.461. The number of nitrogens with zero attached hydrogens (tertiary/aromatic N) is 1. The average molecular weight is 477 g/mol. The van der Waals surface area contributed by atoms with Gasteiger partial charge in [0.1, 0.15) is 5.75 Å². The molecule has 1 N–H and O–H groups in total. The number of ether oxygens (including phenoxy) is 2. The van der Waals surface area contributed by atoms with Gasteiger partial charge in [-0.25, -0.2) is 9.69 Å². The molecule has 5 rings (SSSR count). The maximum absolute atomic E-state index is 14.0. The van der Waals surface area contributed by atoms with Gasteiger partial charge in [-0.1, -0.05) is 36.4 Å². The lowest BCUT2D eigenvalue weighted by molar-refractivity contribution is -0.152. The second kappa shape index (κ2) is 8.70. The third kappa shape index (κ3) is 3.25. The van der Waals surface area contributed by atoms with E-state index in [0.29, 0.717) is 23.6 Å². The lowest BCUT2D eigenvalue weighted by atomic mass is 9.75. The van der Waals surface area contributed by atoms with Gasteiger partial charge in [-0.2, -0.15) is 0 Å². The summed E-state index contributed by atoms with van der Waals surface area (Å²) in [5, 5.41) is 5.30. The van der Waals surface area contributed by atoms with Gasteiger partial charge < -0.3 is 9.47 Å². The summed E-state index contributed by atoms with van der Waals surface area (Å²) in [6.07, 6.45) is 0. The molecular formula is C26H24N2O5S. The first-order valence-electron chi connectivity index (χ1n) is 11.1. The number of rotatable bonds is 6. The highest BCUT2D eigenvalue weighted by molar-refractivity contribution is 7.10. The molecule has 2 aromatic carbocycles. The van der Waals surface area contributed by atoms with Gasteiger partial charge >= 0.3 is 5.97 Å². The van der Waals surface area contributed by atoms with Gasteiger partial charge in [0.2, 0.25) is 11.8 Å². The first-order valence-corrected chi connectivity index (χ1v) is 12.0. The van der Waals surface area contributed by atoms with Crippen molar-refractivity contribution in [1.82, 2.24) is 5.32 Å². The minimum Gasteiger partial charge on any atom is -0.494 e. The van der Waals surface area contributed by atoms with E-state index in [9.17, 15) is 14.4 Å². The van der Waals surface area contributed by atoms with Crippen LogP contribution in [0.4, 0.5) is 5.69 Å². The molecule has 2 aliphatic rings. The van der Waals surface area contributed by atoms with Crippen LogP contribution in [0.5, 0.6) is 5.75 Å². The molecule has 0 bridgehead atoms. The average Bonchev–Trinajstić information content (AvgIpc) is 3.57. The van der Waals surface area contributed by atoms with Crippen LogP contribution in [0, 0.1) is 11.8 Å². The van der Waals surface area contributed by atoms with Crippen molar-refractivity contribution >= 4 is 34.8 Å². The van der Waals surface area contributed by atoms with Crippen LogP contribution in [0.2, 0.25) is 0 Å². The Labute approximate surface area is 201 Å². The normalized spacial score (nSPS) is 25.9. The Morgan fingerprint density at radius 3 is 2.38 bits per heavy atom. The van der Waals surface area contributed by atoms with Gasteiger partial charge in [0.15, 0.2) is 5.54 Å². The van der Waals surface area contributed by atoms with Crippen molar-refractivity contribution in [1.29, 1.82) is 0 Å². The molecule has 3 heterocycles. The van der Waals surface area contributed by atoms with E-state index < -0.39 is 35.3 Å². The van der Waals surface area contributed by atoms with Crippen LogP contribution in [-0.4, -0.2) is 31.5 Å². The maximum atomic E-state index is 14.0. The summed E-state index contributed by atoms with van der Waals surface area (Å²) >= 11 is 1.48. The highest BCUT2D eigenvalue weighted by atomic mass is 32.1. The van der Waals surface area contributed by atoms with E-state index in [1.807, 2.05) is 30.5 Å². The number of carbonyl (C=O) groups excluding carboxylic acids is 3. The molecule has 0 unspecified atom stereocenters. The Kier molecular flexibility index (Phi) is 5.71.